The van der Waals surface area contributed by atoms with E-state index < -0.39 is 5.60 Å². The average molecular weight is 220 g/mol. The lowest BCUT2D eigenvalue weighted by Gasteiger charge is -2.38. The van der Waals surface area contributed by atoms with E-state index in [0.717, 1.165) is 5.56 Å². The molecule has 1 heteroatoms. The Morgan fingerprint density at radius 3 is 1.56 bits per heavy atom. The van der Waals surface area contributed by atoms with E-state index in [-0.39, 0.29) is 5.41 Å². The second kappa shape index (κ2) is 3.89. The minimum atomic E-state index is -0.795. The van der Waals surface area contributed by atoms with Gasteiger partial charge in [-0.15, -0.1) is 0 Å². The van der Waals surface area contributed by atoms with Crippen LogP contribution in [0.4, 0.5) is 0 Å². The Bertz CT molecular complexity index is 371. The van der Waals surface area contributed by atoms with Crippen LogP contribution in [0.1, 0.15) is 49.9 Å². The summed E-state index contributed by atoms with van der Waals surface area (Å²) in [6.45, 7) is 14.4. The number of aliphatic hydroxyl groups is 1. The quantitative estimate of drug-likeness (QED) is 0.762. The van der Waals surface area contributed by atoms with E-state index in [1.54, 1.807) is 0 Å². The van der Waals surface area contributed by atoms with E-state index in [1.165, 1.54) is 16.7 Å². The zero-order valence-electron chi connectivity index (χ0n) is 11.6. The fourth-order valence-corrected chi connectivity index (χ4v) is 1.75. The van der Waals surface area contributed by atoms with Crippen molar-refractivity contribution in [2.75, 3.05) is 0 Å². The first-order chi connectivity index (χ1) is 7.07. The van der Waals surface area contributed by atoms with E-state index in [4.69, 9.17) is 0 Å². The molecule has 0 fully saturated rings. The van der Waals surface area contributed by atoms with Crippen LogP contribution in [0, 0.1) is 26.2 Å². The Balaban J connectivity index is 3.35. The number of hydrogen-bond acceptors (Lipinski definition) is 1. The lowest BCUT2D eigenvalue weighted by molar-refractivity contribution is -0.0471. The predicted molar refractivity (Wildman–Crippen MR) is 69.7 cm³/mol. The number of hydrogen-bond donors (Lipinski definition) is 1. The van der Waals surface area contributed by atoms with Crippen molar-refractivity contribution in [3.05, 3.63) is 34.4 Å². The van der Waals surface area contributed by atoms with Gasteiger partial charge in [-0.05, 0) is 55.4 Å². The third kappa shape index (κ3) is 2.15. The van der Waals surface area contributed by atoms with Crippen LogP contribution in [-0.2, 0) is 5.60 Å². The summed E-state index contributed by atoms with van der Waals surface area (Å²) in [5, 5.41) is 10.7. The van der Waals surface area contributed by atoms with Gasteiger partial charge in [0.05, 0.1) is 5.60 Å². The third-order valence-electron chi connectivity index (χ3n) is 3.95. The summed E-state index contributed by atoms with van der Waals surface area (Å²) >= 11 is 0. The van der Waals surface area contributed by atoms with Crippen molar-refractivity contribution in [1.82, 2.24) is 0 Å². The van der Waals surface area contributed by atoms with Crippen LogP contribution in [-0.4, -0.2) is 5.11 Å². The van der Waals surface area contributed by atoms with E-state index in [1.807, 2.05) is 6.92 Å². The van der Waals surface area contributed by atoms with Gasteiger partial charge in [-0.3, -0.25) is 0 Å². The monoisotopic (exact) mass is 220 g/mol. The first-order valence-electron chi connectivity index (χ1n) is 5.88. The molecule has 1 atom stereocenters. The van der Waals surface area contributed by atoms with Crippen LogP contribution in [0.2, 0.25) is 0 Å². The summed E-state index contributed by atoms with van der Waals surface area (Å²) in [5.41, 5.74) is 3.87. The Hall–Kier alpha value is -0.820. The minimum Gasteiger partial charge on any atom is -0.385 e. The molecule has 1 aromatic carbocycles. The van der Waals surface area contributed by atoms with Crippen LogP contribution >= 0.6 is 0 Å². The van der Waals surface area contributed by atoms with E-state index in [2.05, 4.69) is 53.7 Å². The summed E-state index contributed by atoms with van der Waals surface area (Å²) in [6, 6.07) is 4.21. The molecule has 0 aromatic heterocycles. The zero-order chi connectivity index (χ0) is 12.7. The highest BCUT2D eigenvalue weighted by molar-refractivity contribution is 5.39. The molecule has 0 spiro atoms. The highest BCUT2D eigenvalue weighted by atomic mass is 16.3. The largest absolute Gasteiger partial charge is 0.385 e. The molecule has 0 aliphatic rings. The molecular formula is C15H24O. The summed E-state index contributed by atoms with van der Waals surface area (Å²) in [5.74, 6) is 0. The highest BCUT2D eigenvalue weighted by Gasteiger charge is 2.37. The molecule has 0 saturated heterocycles. The standard InChI is InChI=1S/C15H24O/c1-10-8-13(9-11(2)12(10)3)15(7,16)14(4,5)6/h8-9,16H,1-7H3. The lowest BCUT2D eigenvalue weighted by Crippen LogP contribution is -2.37. The van der Waals surface area contributed by atoms with Gasteiger partial charge in [-0.2, -0.15) is 0 Å². The van der Waals surface area contributed by atoms with Gasteiger partial charge in [-0.25, -0.2) is 0 Å². The molecule has 1 N–H and O–H groups in total. The van der Waals surface area contributed by atoms with Crippen molar-refractivity contribution in [3.8, 4) is 0 Å². The highest BCUT2D eigenvalue weighted by Crippen LogP contribution is 2.39. The van der Waals surface area contributed by atoms with E-state index in [9.17, 15) is 5.11 Å². The van der Waals surface area contributed by atoms with Crippen molar-refractivity contribution in [3.63, 3.8) is 0 Å². The van der Waals surface area contributed by atoms with Gasteiger partial charge in [-0.1, -0.05) is 32.9 Å². The van der Waals surface area contributed by atoms with Crippen molar-refractivity contribution in [1.29, 1.82) is 0 Å². The van der Waals surface area contributed by atoms with Crippen LogP contribution in [0.3, 0.4) is 0 Å². The Morgan fingerprint density at radius 1 is 0.875 bits per heavy atom. The predicted octanol–water partition coefficient (Wildman–Crippen LogP) is 3.87. The summed E-state index contributed by atoms with van der Waals surface area (Å²) < 4.78 is 0. The molecule has 0 radical (unpaired) electrons. The molecule has 0 heterocycles. The smallest absolute Gasteiger partial charge is 0.0916 e. The van der Waals surface area contributed by atoms with Crippen LogP contribution in [0.15, 0.2) is 12.1 Å². The van der Waals surface area contributed by atoms with Crippen molar-refractivity contribution < 1.29 is 5.11 Å². The third-order valence-corrected chi connectivity index (χ3v) is 3.95. The fourth-order valence-electron chi connectivity index (χ4n) is 1.75. The molecule has 16 heavy (non-hydrogen) atoms. The topological polar surface area (TPSA) is 20.2 Å². The molecular weight excluding hydrogens is 196 g/mol. The first-order valence-corrected chi connectivity index (χ1v) is 5.88. The summed E-state index contributed by atoms with van der Waals surface area (Å²) in [7, 11) is 0. The van der Waals surface area contributed by atoms with Crippen LogP contribution < -0.4 is 0 Å². The second-order valence-electron chi connectivity index (χ2n) is 6.06. The minimum absolute atomic E-state index is 0.166. The number of aryl methyl sites for hydroxylation is 2. The molecule has 0 aliphatic heterocycles. The summed E-state index contributed by atoms with van der Waals surface area (Å²) in [6.07, 6.45) is 0. The maximum absolute atomic E-state index is 10.7. The van der Waals surface area contributed by atoms with Gasteiger partial charge in [0.2, 0.25) is 0 Å². The Labute approximate surface area is 99.5 Å². The van der Waals surface area contributed by atoms with Gasteiger partial charge in [0.1, 0.15) is 0 Å². The first kappa shape index (κ1) is 13.2. The van der Waals surface area contributed by atoms with Gasteiger partial charge < -0.3 is 5.11 Å². The maximum Gasteiger partial charge on any atom is 0.0916 e. The van der Waals surface area contributed by atoms with E-state index >= 15 is 0 Å². The second-order valence-corrected chi connectivity index (χ2v) is 6.06. The van der Waals surface area contributed by atoms with Crippen LogP contribution in [0.5, 0.6) is 0 Å². The SMILES string of the molecule is Cc1cc(C(C)(O)C(C)(C)C)cc(C)c1C. The summed E-state index contributed by atoms with van der Waals surface area (Å²) in [4.78, 5) is 0. The van der Waals surface area contributed by atoms with Crippen molar-refractivity contribution in [2.24, 2.45) is 5.41 Å². The fraction of sp³-hybridized carbons (Fsp3) is 0.600. The molecule has 1 rings (SSSR count). The van der Waals surface area contributed by atoms with Gasteiger partial charge in [0.25, 0.3) is 0 Å². The normalized spacial score (nSPS) is 16.0. The maximum atomic E-state index is 10.7. The van der Waals surface area contributed by atoms with Gasteiger partial charge in [0.15, 0.2) is 0 Å². The molecule has 90 valence electrons. The molecule has 0 saturated carbocycles. The van der Waals surface area contributed by atoms with Gasteiger partial charge >= 0.3 is 0 Å². The molecule has 0 aliphatic carbocycles. The molecule has 1 aromatic rings. The number of rotatable bonds is 1. The number of benzene rings is 1. The van der Waals surface area contributed by atoms with E-state index in [0.29, 0.717) is 0 Å². The van der Waals surface area contributed by atoms with Crippen molar-refractivity contribution in [2.45, 2.75) is 54.1 Å². The zero-order valence-corrected chi connectivity index (χ0v) is 11.6. The van der Waals surface area contributed by atoms with Crippen molar-refractivity contribution >= 4 is 0 Å². The molecule has 1 unspecified atom stereocenters. The lowest BCUT2D eigenvalue weighted by atomic mass is 9.73. The average Bonchev–Trinajstić information content (AvgIpc) is 2.11. The molecule has 1 nitrogen and oxygen atoms in total. The van der Waals surface area contributed by atoms with Gasteiger partial charge in [0, 0.05) is 0 Å². The molecule has 0 bridgehead atoms. The molecule has 0 amide bonds. The Kier molecular flexibility index (Phi) is 3.22. The Morgan fingerprint density at radius 2 is 1.25 bits per heavy atom. The van der Waals surface area contributed by atoms with Crippen LogP contribution in [0.25, 0.3) is 0 Å².